The first-order valence-electron chi connectivity index (χ1n) is 8.02. The van der Waals surface area contributed by atoms with Gasteiger partial charge >= 0.3 is 6.09 Å². The summed E-state index contributed by atoms with van der Waals surface area (Å²) in [7, 11) is 0. The highest BCUT2D eigenvalue weighted by atomic mass is 16.7. The summed E-state index contributed by atoms with van der Waals surface area (Å²) in [5.41, 5.74) is 2.09. The summed E-state index contributed by atoms with van der Waals surface area (Å²) in [5.74, 6) is -0.544. The summed E-state index contributed by atoms with van der Waals surface area (Å²) in [5, 5.41) is 9.33. The van der Waals surface area contributed by atoms with E-state index in [1.54, 1.807) is 0 Å². The van der Waals surface area contributed by atoms with E-state index in [-0.39, 0.29) is 24.8 Å². The number of hydrogen-bond acceptors (Lipinski definition) is 5. The van der Waals surface area contributed by atoms with Crippen molar-refractivity contribution in [1.82, 2.24) is 4.90 Å². The molecule has 124 valence electrons. The molecule has 0 radical (unpaired) electrons. The molecule has 0 bridgehead atoms. The molecule has 6 heteroatoms. The molecule has 1 aromatic carbocycles. The maximum atomic E-state index is 11.6. The minimum Gasteiger partial charge on any atom is -0.447 e. The van der Waals surface area contributed by atoms with Gasteiger partial charge in [-0.25, -0.2) is 4.79 Å². The SMILES string of the molecule is CC1(C2(c3ccc([C@@H]4COC(=O)N4CO)cc3)CC2)OCCO1. The molecule has 3 aliphatic rings. The van der Waals surface area contributed by atoms with Crippen LogP contribution in [0.5, 0.6) is 0 Å². The third-order valence-corrected chi connectivity index (χ3v) is 5.43. The molecule has 1 aliphatic carbocycles. The predicted octanol–water partition coefficient (Wildman–Crippen LogP) is 1.92. The average molecular weight is 319 g/mol. The molecule has 1 saturated carbocycles. The topological polar surface area (TPSA) is 68.2 Å². The van der Waals surface area contributed by atoms with E-state index in [1.807, 2.05) is 19.1 Å². The number of rotatable bonds is 4. The molecule has 1 aromatic rings. The Kier molecular flexibility index (Phi) is 3.37. The Morgan fingerprint density at radius 3 is 2.43 bits per heavy atom. The molecule has 1 N–H and O–H groups in total. The molecule has 6 nitrogen and oxygen atoms in total. The highest BCUT2D eigenvalue weighted by molar-refractivity contribution is 5.70. The quantitative estimate of drug-likeness (QED) is 0.918. The monoisotopic (exact) mass is 319 g/mol. The summed E-state index contributed by atoms with van der Waals surface area (Å²) in [6.45, 7) is 3.24. The Morgan fingerprint density at radius 2 is 1.87 bits per heavy atom. The summed E-state index contributed by atoms with van der Waals surface area (Å²) < 4.78 is 16.8. The van der Waals surface area contributed by atoms with Crippen molar-refractivity contribution in [1.29, 1.82) is 0 Å². The number of amides is 1. The summed E-state index contributed by atoms with van der Waals surface area (Å²) in [4.78, 5) is 12.9. The molecule has 3 fully saturated rings. The molecule has 4 rings (SSSR count). The number of cyclic esters (lactones) is 1. The average Bonchev–Trinajstić information content (AvgIpc) is 3.14. The Balaban J connectivity index is 1.58. The van der Waals surface area contributed by atoms with Crippen LogP contribution in [-0.4, -0.2) is 48.4 Å². The van der Waals surface area contributed by atoms with E-state index >= 15 is 0 Å². The number of hydrogen-bond donors (Lipinski definition) is 1. The second-order valence-corrected chi connectivity index (χ2v) is 6.55. The zero-order valence-corrected chi connectivity index (χ0v) is 13.2. The van der Waals surface area contributed by atoms with Gasteiger partial charge in [-0.2, -0.15) is 0 Å². The predicted molar refractivity (Wildman–Crippen MR) is 80.7 cm³/mol. The van der Waals surface area contributed by atoms with E-state index < -0.39 is 11.9 Å². The number of carbonyl (C=O) groups excluding carboxylic acids is 1. The van der Waals surface area contributed by atoms with Gasteiger partial charge < -0.3 is 19.3 Å². The van der Waals surface area contributed by atoms with Gasteiger partial charge in [0.05, 0.1) is 19.3 Å². The largest absolute Gasteiger partial charge is 0.447 e. The Bertz CT molecular complexity index is 604. The van der Waals surface area contributed by atoms with Crippen molar-refractivity contribution < 1.29 is 24.1 Å². The summed E-state index contributed by atoms with van der Waals surface area (Å²) in [6.07, 6.45) is 1.63. The fourth-order valence-corrected chi connectivity index (χ4v) is 3.83. The lowest BCUT2D eigenvalue weighted by molar-refractivity contribution is -0.169. The van der Waals surface area contributed by atoms with Crippen LogP contribution in [-0.2, 0) is 19.6 Å². The fraction of sp³-hybridized carbons (Fsp3) is 0.588. The maximum absolute atomic E-state index is 11.6. The van der Waals surface area contributed by atoms with Crippen molar-refractivity contribution in [3.63, 3.8) is 0 Å². The van der Waals surface area contributed by atoms with Crippen molar-refractivity contribution in [2.75, 3.05) is 26.6 Å². The Labute approximate surface area is 134 Å². The number of ether oxygens (including phenoxy) is 3. The highest BCUT2D eigenvalue weighted by Crippen LogP contribution is 2.58. The van der Waals surface area contributed by atoms with E-state index in [1.165, 1.54) is 10.5 Å². The van der Waals surface area contributed by atoms with E-state index in [0.29, 0.717) is 13.2 Å². The Morgan fingerprint density at radius 1 is 1.22 bits per heavy atom. The van der Waals surface area contributed by atoms with Gasteiger partial charge in [-0.15, -0.1) is 0 Å². The molecular formula is C17H21NO5. The van der Waals surface area contributed by atoms with E-state index in [4.69, 9.17) is 14.2 Å². The number of nitrogens with zero attached hydrogens (tertiary/aromatic N) is 1. The Hall–Kier alpha value is -1.63. The van der Waals surface area contributed by atoms with Gasteiger partial charge in [0.25, 0.3) is 0 Å². The van der Waals surface area contributed by atoms with Gasteiger partial charge in [-0.1, -0.05) is 24.3 Å². The van der Waals surface area contributed by atoms with Crippen molar-refractivity contribution in [3.05, 3.63) is 35.4 Å². The zero-order valence-electron chi connectivity index (χ0n) is 13.2. The van der Waals surface area contributed by atoms with Gasteiger partial charge in [-0.05, 0) is 30.9 Å². The maximum Gasteiger partial charge on any atom is 0.412 e. The lowest BCUT2D eigenvalue weighted by Crippen LogP contribution is -2.40. The van der Waals surface area contributed by atoms with Gasteiger partial charge in [0.1, 0.15) is 13.3 Å². The van der Waals surface area contributed by atoms with Crippen molar-refractivity contribution in [2.45, 2.75) is 37.0 Å². The van der Waals surface area contributed by atoms with Crippen LogP contribution < -0.4 is 0 Å². The van der Waals surface area contributed by atoms with Crippen molar-refractivity contribution in [3.8, 4) is 0 Å². The van der Waals surface area contributed by atoms with Crippen LogP contribution >= 0.6 is 0 Å². The van der Waals surface area contributed by atoms with Crippen molar-refractivity contribution in [2.24, 2.45) is 0 Å². The van der Waals surface area contributed by atoms with Crippen LogP contribution in [0.3, 0.4) is 0 Å². The first kappa shape index (κ1) is 14.9. The second kappa shape index (κ2) is 5.19. The molecule has 2 saturated heterocycles. The first-order chi connectivity index (χ1) is 11.1. The molecule has 2 aliphatic heterocycles. The normalized spacial score (nSPS) is 28.0. The number of benzene rings is 1. The summed E-state index contributed by atoms with van der Waals surface area (Å²) in [6, 6.07) is 7.94. The molecule has 0 aromatic heterocycles. The van der Waals surface area contributed by atoms with Crippen LogP contribution in [0.2, 0.25) is 0 Å². The van der Waals surface area contributed by atoms with Crippen LogP contribution in [0.15, 0.2) is 24.3 Å². The van der Waals surface area contributed by atoms with Crippen LogP contribution in [0.1, 0.15) is 36.9 Å². The summed E-state index contributed by atoms with van der Waals surface area (Å²) >= 11 is 0. The lowest BCUT2D eigenvalue weighted by atomic mass is 9.87. The second-order valence-electron chi connectivity index (χ2n) is 6.55. The molecule has 1 atom stereocenters. The van der Waals surface area contributed by atoms with Gasteiger partial charge in [-0.3, -0.25) is 4.90 Å². The lowest BCUT2D eigenvalue weighted by Gasteiger charge is -2.33. The molecular weight excluding hydrogens is 298 g/mol. The van der Waals surface area contributed by atoms with Crippen LogP contribution in [0.4, 0.5) is 4.79 Å². The number of aliphatic hydroxyl groups excluding tert-OH is 1. The highest BCUT2D eigenvalue weighted by Gasteiger charge is 2.61. The third-order valence-electron chi connectivity index (χ3n) is 5.43. The van der Waals surface area contributed by atoms with E-state index in [2.05, 4.69) is 12.1 Å². The third kappa shape index (κ3) is 2.16. The zero-order chi connectivity index (χ0) is 16.1. The molecule has 1 amide bonds. The van der Waals surface area contributed by atoms with Crippen LogP contribution in [0, 0.1) is 0 Å². The number of aliphatic hydroxyl groups is 1. The van der Waals surface area contributed by atoms with Crippen molar-refractivity contribution >= 4 is 6.09 Å². The minimum atomic E-state index is -0.544. The smallest absolute Gasteiger partial charge is 0.412 e. The molecule has 0 unspecified atom stereocenters. The van der Waals surface area contributed by atoms with Gasteiger partial charge in [0, 0.05) is 5.41 Å². The van der Waals surface area contributed by atoms with Gasteiger partial charge in [0.15, 0.2) is 5.79 Å². The first-order valence-corrected chi connectivity index (χ1v) is 8.02. The van der Waals surface area contributed by atoms with E-state index in [0.717, 1.165) is 18.4 Å². The number of carbonyl (C=O) groups is 1. The molecule has 2 heterocycles. The minimum absolute atomic E-state index is 0.0688. The van der Waals surface area contributed by atoms with E-state index in [9.17, 15) is 9.90 Å². The van der Waals surface area contributed by atoms with Crippen LogP contribution in [0.25, 0.3) is 0 Å². The molecule has 23 heavy (non-hydrogen) atoms. The fourth-order valence-electron chi connectivity index (χ4n) is 3.83. The molecule has 0 spiro atoms. The van der Waals surface area contributed by atoms with Gasteiger partial charge in [0.2, 0.25) is 0 Å². The standard InChI is InChI=1S/C17H21NO5/c1-16(22-8-9-23-16)17(6-7-17)13-4-2-12(3-5-13)14-10-21-15(20)18(14)11-19/h2-5,14,19H,6-11H2,1H3/t14-/m0/s1.